The molecule has 2 atom stereocenters. The lowest BCUT2D eigenvalue weighted by Gasteiger charge is -2.40. The maximum absolute atomic E-state index is 13.3. The molecule has 2 aliphatic heterocycles. The first-order valence-electron chi connectivity index (χ1n) is 12.5. The Labute approximate surface area is 213 Å². The Hall–Kier alpha value is -3.14. The van der Waals surface area contributed by atoms with Gasteiger partial charge in [0, 0.05) is 56.9 Å². The molecule has 6 nitrogen and oxygen atoms in total. The Bertz CT molecular complexity index is 1090. The van der Waals surface area contributed by atoms with E-state index in [1.54, 1.807) is 11.0 Å². The molecule has 4 rings (SSSR count). The van der Waals surface area contributed by atoms with Crippen molar-refractivity contribution < 1.29 is 32.3 Å². The first-order valence-corrected chi connectivity index (χ1v) is 12.5. The number of nitrogens with zero attached hydrogens (tertiary/aromatic N) is 3. The van der Waals surface area contributed by atoms with Crippen molar-refractivity contribution in [2.75, 3.05) is 50.7 Å². The minimum absolute atomic E-state index is 0.00995. The van der Waals surface area contributed by atoms with E-state index in [1.165, 1.54) is 36.4 Å². The van der Waals surface area contributed by atoms with Crippen LogP contribution >= 0.6 is 0 Å². The van der Waals surface area contributed by atoms with Gasteiger partial charge in [0.15, 0.2) is 0 Å². The predicted molar refractivity (Wildman–Crippen MR) is 131 cm³/mol. The number of piperidine rings is 1. The number of rotatable bonds is 7. The van der Waals surface area contributed by atoms with Crippen molar-refractivity contribution in [3.8, 4) is 0 Å². The molecule has 2 aromatic carbocycles. The largest absolute Gasteiger partial charge is 0.481 e. The van der Waals surface area contributed by atoms with E-state index in [1.807, 2.05) is 4.90 Å². The Morgan fingerprint density at radius 3 is 2.30 bits per heavy atom. The van der Waals surface area contributed by atoms with Crippen molar-refractivity contribution in [1.82, 2.24) is 9.80 Å². The quantitative estimate of drug-likeness (QED) is 0.540. The zero-order chi connectivity index (χ0) is 26.6. The number of carboxylic acid groups (broad SMARTS) is 1. The summed E-state index contributed by atoms with van der Waals surface area (Å²) in [4.78, 5) is 30.3. The molecule has 2 heterocycles. The molecule has 10 heteroatoms. The molecule has 2 unspecified atom stereocenters. The van der Waals surface area contributed by atoms with E-state index in [9.17, 15) is 32.3 Å². The first-order chi connectivity index (χ1) is 17.6. The monoisotopic (exact) mass is 521 g/mol. The van der Waals surface area contributed by atoms with Gasteiger partial charge in [-0.2, -0.15) is 13.2 Å². The van der Waals surface area contributed by atoms with E-state index in [0.29, 0.717) is 63.4 Å². The van der Waals surface area contributed by atoms with Gasteiger partial charge in [0.2, 0.25) is 0 Å². The topological polar surface area (TPSA) is 64.1 Å². The molecule has 0 aliphatic carbocycles. The fourth-order valence-corrected chi connectivity index (χ4v) is 5.32. The van der Waals surface area contributed by atoms with Crippen LogP contribution in [0, 0.1) is 17.7 Å². The molecule has 2 aliphatic rings. The lowest BCUT2D eigenvalue weighted by Crippen LogP contribution is -2.48. The molecule has 0 radical (unpaired) electrons. The normalized spacial score (nSPS) is 21.2. The summed E-state index contributed by atoms with van der Waals surface area (Å²) in [5.41, 5.74) is 0.301. The molecule has 2 aromatic rings. The molecule has 2 fully saturated rings. The lowest BCUT2D eigenvalue weighted by molar-refractivity contribution is -0.139. The van der Waals surface area contributed by atoms with Crippen LogP contribution in [0.4, 0.5) is 23.2 Å². The van der Waals surface area contributed by atoms with Gasteiger partial charge in [-0.25, -0.2) is 4.39 Å². The number of anilines is 1. The molecule has 0 aromatic heterocycles. The van der Waals surface area contributed by atoms with Crippen LogP contribution in [0.1, 0.15) is 35.2 Å². The zero-order valence-corrected chi connectivity index (χ0v) is 20.5. The van der Waals surface area contributed by atoms with E-state index in [-0.39, 0.29) is 24.2 Å². The Morgan fingerprint density at radius 2 is 1.65 bits per heavy atom. The Kier molecular flexibility index (Phi) is 8.36. The summed E-state index contributed by atoms with van der Waals surface area (Å²) >= 11 is 0. The minimum Gasteiger partial charge on any atom is -0.481 e. The van der Waals surface area contributed by atoms with Gasteiger partial charge in [0.05, 0.1) is 5.56 Å². The van der Waals surface area contributed by atoms with Gasteiger partial charge in [0.25, 0.3) is 5.91 Å². The van der Waals surface area contributed by atoms with Crippen molar-refractivity contribution in [2.24, 2.45) is 11.8 Å². The SMILES string of the molecule is O=C(O)CC1CCN(C(=O)c2ccc(F)cc2)CC1CCN1CCN(c2cccc(C(F)(F)F)c2)CC1. The molecular formula is C27H31F4N3O3. The van der Waals surface area contributed by atoms with Crippen LogP contribution in [0.2, 0.25) is 0 Å². The molecule has 0 bridgehead atoms. The van der Waals surface area contributed by atoms with Gasteiger partial charge in [0.1, 0.15) is 5.82 Å². The maximum Gasteiger partial charge on any atom is 0.416 e. The van der Waals surface area contributed by atoms with Crippen molar-refractivity contribution >= 4 is 17.6 Å². The molecular weight excluding hydrogens is 490 g/mol. The Balaban J connectivity index is 1.33. The van der Waals surface area contributed by atoms with Crippen LogP contribution in [0.3, 0.4) is 0 Å². The van der Waals surface area contributed by atoms with Crippen molar-refractivity contribution in [3.05, 3.63) is 65.5 Å². The average molecular weight is 522 g/mol. The number of halogens is 4. The molecule has 200 valence electrons. The second kappa shape index (κ2) is 11.5. The maximum atomic E-state index is 13.3. The van der Waals surface area contributed by atoms with Crippen LogP contribution in [-0.4, -0.2) is 72.6 Å². The minimum atomic E-state index is -4.38. The highest BCUT2D eigenvalue weighted by molar-refractivity contribution is 5.94. The number of carboxylic acids is 1. The Morgan fingerprint density at radius 1 is 0.946 bits per heavy atom. The van der Waals surface area contributed by atoms with Crippen LogP contribution in [0.15, 0.2) is 48.5 Å². The summed E-state index contributed by atoms with van der Waals surface area (Å²) in [5, 5.41) is 9.38. The van der Waals surface area contributed by atoms with Gasteiger partial charge in [-0.15, -0.1) is 0 Å². The highest BCUT2D eigenvalue weighted by atomic mass is 19.4. The molecule has 1 amide bonds. The van der Waals surface area contributed by atoms with Crippen LogP contribution in [-0.2, 0) is 11.0 Å². The third kappa shape index (κ3) is 7.00. The zero-order valence-electron chi connectivity index (χ0n) is 20.5. The van der Waals surface area contributed by atoms with Gasteiger partial charge < -0.3 is 14.9 Å². The number of carbonyl (C=O) groups excluding carboxylic acids is 1. The molecule has 37 heavy (non-hydrogen) atoms. The molecule has 2 saturated heterocycles. The van der Waals surface area contributed by atoms with Gasteiger partial charge in [-0.1, -0.05) is 6.07 Å². The number of aliphatic carboxylic acids is 1. The summed E-state index contributed by atoms with van der Waals surface area (Å²) in [5.74, 6) is -1.49. The number of likely N-dealkylation sites (tertiary alicyclic amines) is 1. The number of hydrogen-bond acceptors (Lipinski definition) is 4. The molecule has 0 saturated carbocycles. The number of piperazine rings is 1. The fraction of sp³-hybridized carbons (Fsp3) is 0.481. The van der Waals surface area contributed by atoms with Crippen LogP contribution in [0.5, 0.6) is 0 Å². The smallest absolute Gasteiger partial charge is 0.416 e. The number of hydrogen-bond donors (Lipinski definition) is 1. The van der Waals surface area contributed by atoms with Crippen LogP contribution < -0.4 is 4.90 Å². The summed E-state index contributed by atoms with van der Waals surface area (Å²) in [6, 6.07) is 10.8. The van der Waals surface area contributed by atoms with Crippen molar-refractivity contribution in [3.63, 3.8) is 0 Å². The third-order valence-corrected chi connectivity index (χ3v) is 7.43. The number of alkyl halides is 3. The number of amides is 1. The fourth-order valence-electron chi connectivity index (χ4n) is 5.32. The summed E-state index contributed by atoms with van der Waals surface area (Å²) < 4.78 is 52.5. The first kappa shape index (κ1) is 26.9. The predicted octanol–water partition coefficient (Wildman–Crippen LogP) is 4.61. The van der Waals surface area contributed by atoms with E-state index in [2.05, 4.69) is 4.90 Å². The van der Waals surface area contributed by atoms with E-state index in [4.69, 9.17) is 0 Å². The summed E-state index contributed by atoms with van der Waals surface area (Å²) in [6.45, 7) is 4.18. The van der Waals surface area contributed by atoms with Crippen molar-refractivity contribution in [1.29, 1.82) is 0 Å². The van der Waals surface area contributed by atoms with Gasteiger partial charge in [-0.3, -0.25) is 14.5 Å². The number of benzene rings is 2. The second-order valence-corrected chi connectivity index (χ2v) is 9.83. The molecule has 1 N–H and O–H groups in total. The standard InChI is InChI=1S/C27H31F4N3O3/c28-23-6-4-19(5-7-23)26(37)34-11-9-20(16-25(35)36)21(18-34)8-10-32-12-14-33(15-13-32)24-3-1-2-22(17-24)27(29,30)31/h1-7,17,20-21H,8-16,18H2,(H,35,36). The lowest BCUT2D eigenvalue weighted by atomic mass is 9.81. The van der Waals surface area contributed by atoms with Gasteiger partial charge >= 0.3 is 12.1 Å². The average Bonchev–Trinajstić information content (AvgIpc) is 2.88. The summed E-state index contributed by atoms with van der Waals surface area (Å²) in [6.07, 6.45) is -3.02. The summed E-state index contributed by atoms with van der Waals surface area (Å²) in [7, 11) is 0. The van der Waals surface area contributed by atoms with Crippen LogP contribution in [0.25, 0.3) is 0 Å². The number of carbonyl (C=O) groups is 2. The van der Waals surface area contributed by atoms with E-state index >= 15 is 0 Å². The third-order valence-electron chi connectivity index (χ3n) is 7.43. The van der Waals surface area contributed by atoms with Crippen molar-refractivity contribution in [2.45, 2.75) is 25.4 Å². The molecule has 0 spiro atoms. The van der Waals surface area contributed by atoms with E-state index in [0.717, 1.165) is 12.6 Å². The highest BCUT2D eigenvalue weighted by Crippen LogP contribution is 2.33. The van der Waals surface area contributed by atoms with Gasteiger partial charge in [-0.05, 0) is 73.7 Å². The highest BCUT2D eigenvalue weighted by Gasteiger charge is 2.34. The van der Waals surface area contributed by atoms with E-state index < -0.39 is 23.5 Å². The second-order valence-electron chi connectivity index (χ2n) is 9.83.